The highest BCUT2D eigenvalue weighted by Gasteiger charge is 2.69. The lowest BCUT2D eigenvalue weighted by molar-refractivity contribution is -0.177. The lowest BCUT2D eigenvalue weighted by Gasteiger charge is -2.69. The summed E-state index contributed by atoms with van der Waals surface area (Å²) in [7, 11) is 1.56. The second-order valence-corrected chi connectivity index (χ2v) is 14.9. The molecule has 5 aliphatic carbocycles. The van der Waals surface area contributed by atoms with Crippen LogP contribution >= 0.6 is 0 Å². The lowest BCUT2D eigenvalue weighted by Crippen LogP contribution is -2.64. The maximum atomic E-state index is 13.4. The van der Waals surface area contributed by atoms with E-state index in [-0.39, 0.29) is 45.2 Å². The molecule has 5 aliphatic rings. The zero-order valence-corrected chi connectivity index (χ0v) is 23.7. The molecule has 3 saturated carbocycles. The molecule has 0 aromatic carbocycles. The molecule has 4 heteroatoms. The van der Waals surface area contributed by atoms with E-state index in [0.29, 0.717) is 11.5 Å². The van der Waals surface area contributed by atoms with Gasteiger partial charge in [-0.25, -0.2) is 0 Å². The Hall–Kier alpha value is -1.89. The maximum Gasteiger partial charge on any atom is 0.312 e. The number of rotatable bonds is 1. The second kappa shape index (κ2) is 7.58. The Labute approximate surface area is 217 Å². The number of allylic oxidation sites excluding steroid dienone is 4. The van der Waals surface area contributed by atoms with Gasteiger partial charge in [-0.1, -0.05) is 66.2 Å². The molecule has 36 heavy (non-hydrogen) atoms. The average molecular weight is 492 g/mol. The average Bonchev–Trinajstić information content (AvgIpc) is 2.81. The molecule has 0 spiro atoms. The second-order valence-electron chi connectivity index (χ2n) is 14.9. The number of hydrogen-bond acceptors (Lipinski definition) is 4. The van der Waals surface area contributed by atoms with Crippen molar-refractivity contribution in [1.82, 2.24) is 0 Å². The number of ketones is 1. The molecule has 0 N–H and O–H groups in total. The number of nitrogens with zero attached hydrogens (tertiary/aromatic N) is 1. The van der Waals surface area contributed by atoms with E-state index in [0.717, 1.165) is 51.4 Å². The first-order valence-electron chi connectivity index (χ1n) is 14.1. The van der Waals surface area contributed by atoms with Crippen molar-refractivity contribution in [1.29, 1.82) is 5.26 Å². The van der Waals surface area contributed by atoms with Gasteiger partial charge in [0.25, 0.3) is 0 Å². The van der Waals surface area contributed by atoms with Crippen molar-refractivity contribution in [3.8, 4) is 6.07 Å². The van der Waals surface area contributed by atoms with Gasteiger partial charge in [0.2, 0.25) is 0 Å². The molecule has 3 fully saturated rings. The van der Waals surface area contributed by atoms with Crippen molar-refractivity contribution >= 4 is 11.8 Å². The summed E-state index contributed by atoms with van der Waals surface area (Å²) in [5, 5.41) is 9.88. The van der Waals surface area contributed by atoms with Gasteiger partial charge in [-0.2, -0.15) is 5.26 Å². The number of nitriles is 1. The van der Waals surface area contributed by atoms with Crippen LogP contribution in [0.25, 0.3) is 0 Å². The summed E-state index contributed by atoms with van der Waals surface area (Å²) in [5.74, 6) is 0.820. The number of Topliss-reactive ketones (excluding diaryl/α,β-unsaturated/α-hetero) is 1. The van der Waals surface area contributed by atoms with E-state index < -0.39 is 10.8 Å². The fraction of sp³-hybridized carbons (Fsp3) is 0.781. The van der Waals surface area contributed by atoms with Crippen LogP contribution in [0.5, 0.6) is 0 Å². The van der Waals surface area contributed by atoms with E-state index in [2.05, 4.69) is 66.7 Å². The van der Waals surface area contributed by atoms with Crippen LogP contribution in [0.2, 0.25) is 0 Å². The summed E-state index contributed by atoms with van der Waals surface area (Å²) in [6.07, 6.45) is 12.5. The van der Waals surface area contributed by atoms with E-state index in [1.807, 2.05) is 0 Å². The van der Waals surface area contributed by atoms with E-state index in [9.17, 15) is 14.9 Å². The third kappa shape index (κ3) is 2.98. The molecule has 5 rings (SSSR count). The maximum absolute atomic E-state index is 13.4. The van der Waals surface area contributed by atoms with Crippen molar-refractivity contribution in [2.45, 2.75) is 99.8 Å². The van der Waals surface area contributed by atoms with Gasteiger partial charge in [-0.15, -0.1) is 0 Å². The van der Waals surface area contributed by atoms with Crippen LogP contribution < -0.4 is 0 Å². The molecule has 7 atom stereocenters. The molecule has 1 unspecified atom stereocenters. The molecule has 0 aromatic rings. The molecule has 0 aliphatic heterocycles. The molecule has 0 saturated heterocycles. The van der Waals surface area contributed by atoms with E-state index in [1.54, 1.807) is 7.11 Å². The Morgan fingerprint density at radius 1 is 1.00 bits per heavy atom. The minimum Gasteiger partial charge on any atom is -0.469 e. The van der Waals surface area contributed by atoms with Crippen molar-refractivity contribution in [3.63, 3.8) is 0 Å². The standard InChI is InChI=1S/C32H45NO3/c1-27(2)13-15-32(26(35)36-8)16-14-30(6)21(22(32)18-27)9-10-24-29(5)17-20(19-33)25(34)28(3,4)23(29)11-12-31(24,30)7/h9,17,22-24H,10-16,18H2,1-8H3/t22?,23-,24+,29-,30+,31+,32-/m0/s1. The summed E-state index contributed by atoms with van der Waals surface area (Å²) in [5.41, 5.74) is 0.970. The number of fused-ring (bicyclic) bond motifs is 7. The van der Waals surface area contributed by atoms with Crippen LogP contribution in [0.1, 0.15) is 99.8 Å². The highest BCUT2D eigenvalue weighted by atomic mass is 16.5. The topological polar surface area (TPSA) is 67.2 Å². The van der Waals surface area contributed by atoms with Crippen molar-refractivity contribution < 1.29 is 14.3 Å². The van der Waals surface area contributed by atoms with Gasteiger partial charge in [0.1, 0.15) is 6.07 Å². The number of carbonyl (C=O) groups excluding carboxylic acids is 2. The van der Waals surface area contributed by atoms with Crippen molar-refractivity contribution in [2.75, 3.05) is 7.11 Å². The molecule has 0 heterocycles. The number of carbonyl (C=O) groups is 2. The van der Waals surface area contributed by atoms with Crippen LogP contribution in [0, 0.1) is 61.6 Å². The Morgan fingerprint density at radius 2 is 1.67 bits per heavy atom. The zero-order valence-electron chi connectivity index (χ0n) is 23.7. The fourth-order valence-corrected chi connectivity index (χ4v) is 10.4. The van der Waals surface area contributed by atoms with E-state index in [4.69, 9.17) is 4.74 Å². The molecule has 0 amide bonds. The van der Waals surface area contributed by atoms with Gasteiger partial charge in [0, 0.05) is 5.41 Å². The van der Waals surface area contributed by atoms with Crippen LogP contribution in [0.3, 0.4) is 0 Å². The van der Waals surface area contributed by atoms with Crippen molar-refractivity contribution in [3.05, 3.63) is 23.3 Å². The predicted molar refractivity (Wildman–Crippen MR) is 141 cm³/mol. The van der Waals surface area contributed by atoms with Gasteiger partial charge in [0.05, 0.1) is 18.1 Å². The monoisotopic (exact) mass is 491 g/mol. The summed E-state index contributed by atoms with van der Waals surface area (Å²) in [6, 6.07) is 2.26. The summed E-state index contributed by atoms with van der Waals surface area (Å²) in [6.45, 7) is 16.1. The third-order valence-electron chi connectivity index (χ3n) is 12.7. The van der Waals surface area contributed by atoms with Gasteiger partial charge in [-0.05, 0) is 90.8 Å². The first-order valence-corrected chi connectivity index (χ1v) is 14.1. The van der Waals surface area contributed by atoms with E-state index in [1.165, 1.54) is 5.57 Å². The summed E-state index contributed by atoms with van der Waals surface area (Å²) >= 11 is 0. The highest BCUT2D eigenvalue weighted by Crippen LogP contribution is 2.75. The molecular formula is C32H45NO3. The van der Waals surface area contributed by atoms with E-state index >= 15 is 0 Å². The lowest BCUT2D eigenvalue weighted by atomic mass is 9.34. The number of hydrogen-bond donors (Lipinski definition) is 0. The van der Waals surface area contributed by atoms with Crippen LogP contribution in [-0.4, -0.2) is 18.9 Å². The summed E-state index contributed by atoms with van der Waals surface area (Å²) in [4.78, 5) is 26.6. The number of methoxy groups -OCH3 is 1. The highest BCUT2D eigenvalue weighted by molar-refractivity contribution is 6.04. The van der Waals surface area contributed by atoms with Gasteiger partial charge < -0.3 is 4.74 Å². The van der Waals surface area contributed by atoms with Crippen LogP contribution in [-0.2, 0) is 14.3 Å². The Bertz CT molecular complexity index is 1120. The number of esters is 1. The fourth-order valence-electron chi connectivity index (χ4n) is 10.4. The first-order chi connectivity index (χ1) is 16.6. The zero-order chi connectivity index (χ0) is 26.5. The van der Waals surface area contributed by atoms with Gasteiger partial charge in [-0.3, -0.25) is 9.59 Å². The van der Waals surface area contributed by atoms with Crippen LogP contribution in [0.4, 0.5) is 0 Å². The SMILES string of the molecule is COC(=O)[C@]12CCC(C)(C)CC1C1=CC[C@@H]3[C@@]4(C)C=C(C#N)C(=O)C(C)(C)[C@@H]4CC[C@@]3(C)[C@]1(C)CC2. The first kappa shape index (κ1) is 25.7. The Kier molecular flexibility index (Phi) is 5.42. The predicted octanol–water partition coefficient (Wildman–Crippen LogP) is 7.20. The number of ether oxygens (including phenoxy) is 1. The summed E-state index contributed by atoms with van der Waals surface area (Å²) < 4.78 is 5.47. The van der Waals surface area contributed by atoms with Gasteiger partial charge in [0.15, 0.2) is 5.78 Å². The quantitative estimate of drug-likeness (QED) is 0.287. The molecule has 0 aromatic heterocycles. The van der Waals surface area contributed by atoms with Crippen molar-refractivity contribution in [2.24, 2.45) is 50.2 Å². The Morgan fingerprint density at radius 3 is 2.31 bits per heavy atom. The molecule has 0 radical (unpaired) electrons. The van der Waals surface area contributed by atoms with Gasteiger partial charge >= 0.3 is 5.97 Å². The molecule has 0 bridgehead atoms. The molecular weight excluding hydrogens is 446 g/mol. The Balaban J connectivity index is 1.65. The smallest absolute Gasteiger partial charge is 0.312 e. The minimum absolute atomic E-state index is 0.00818. The third-order valence-corrected chi connectivity index (χ3v) is 12.7. The normalized spacial score (nSPS) is 46.5. The molecule has 196 valence electrons. The van der Waals surface area contributed by atoms with Crippen LogP contribution in [0.15, 0.2) is 23.3 Å². The largest absolute Gasteiger partial charge is 0.469 e. The minimum atomic E-state index is -0.527. The molecule has 4 nitrogen and oxygen atoms in total.